The molecule has 0 amide bonds. The van der Waals surface area contributed by atoms with E-state index < -0.39 is 89.6 Å². The lowest BCUT2D eigenvalue weighted by Gasteiger charge is -2.23. The maximum absolute atomic E-state index is 13.2. The number of nitrogens with two attached hydrogens (primary N) is 1. The van der Waals surface area contributed by atoms with Crippen LogP contribution in [0.2, 0.25) is 0 Å². The zero-order valence-electron chi connectivity index (χ0n) is 40.8. The minimum atomic E-state index is -4.98. The number of phosphoric ester groups is 2. The number of hydrogen-bond acceptors (Lipinski definition) is 14. The van der Waals surface area contributed by atoms with Crippen LogP contribution in [0.4, 0.5) is 0 Å². The lowest BCUT2D eigenvalue weighted by atomic mass is 10.1. The maximum Gasteiger partial charge on any atom is 0.472 e. The summed E-state index contributed by atoms with van der Waals surface area (Å²) in [6.07, 6.45) is 40.5. The van der Waals surface area contributed by atoms with Crippen molar-refractivity contribution < 1.29 is 76.6 Å². The van der Waals surface area contributed by atoms with Crippen LogP contribution in [0.25, 0.3) is 0 Å². The second-order valence-electron chi connectivity index (χ2n) is 16.2. The highest BCUT2D eigenvalue weighted by Crippen LogP contribution is 2.44. The van der Waals surface area contributed by atoms with Gasteiger partial charge in [-0.3, -0.25) is 28.0 Å². The molecule has 0 aliphatic rings. The summed E-state index contributed by atoms with van der Waals surface area (Å²) >= 11 is 1.13. The van der Waals surface area contributed by atoms with Gasteiger partial charge in [0.05, 0.1) is 25.9 Å². The van der Waals surface area contributed by atoms with E-state index in [4.69, 9.17) is 34.6 Å². The number of rotatable bonds is 45. The normalized spacial score (nSPS) is 15.8. The van der Waals surface area contributed by atoms with Crippen molar-refractivity contribution in [1.82, 2.24) is 0 Å². The lowest BCUT2D eigenvalue weighted by Crippen LogP contribution is -2.40. The van der Waals surface area contributed by atoms with Crippen molar-refractivity contribution in [3.63, 3.8) is 0 Å². The zero-order valence-corrected chi connectivity index (χ0v) is 43.4. The molecule has 396 valence electrons. The quantitative estimate of drug-likeness (QED) is 0.00982. The third-order valence-corrected chi connectivity index (χ3v) is 12.6. The number of aliphatic carboxylic acids is 1. The molecular formula is C49H83NO16P2S. The van der Waals surface area contributed by atoms with E-state index in [0.29, 0.717) is 6.42 Å². The average Bonchev–Trinajstić information content (AvgIpc) is 3.30. The number of carboxylic acids is 1. The van der Waals surface area contributed by atoms with Gasteiger partial charge in [0.25, 0.3) is 0 Å². The Morgan fingerprint density at radius 1 is 0.623 bits per heavy atom. The van der Waals surface area contributed by atoms with Gasteiger partial charge in [0.1, 0.15) is 18.8 Å². The summed E-state index contributed by atoms with van der Waals surface area (Å²) in [6, 6.07) is -1.30. The van der Waals surface area contributed by atoms with E-state index in [0.717, 1.165) is 69.5 Å². The Balaban J connectivity index is 5.39. The van der Waals surface area contributed by atoms with Crippen molar-refractivity contribution in [2.45, 2.75) is 172 Å². The zero-order chi connectivity index (χ0) is 51.4. The number of aliphatic hydroxyl groups excluding tert-OH is 2. The first-order valence-corrected chi connectivity index (χ1v) is 28.3. The standard InChI is InChI=1S/C49H83NO16P2S/c1-3-5-7-9-11-13-15-17-18-19-20-21-23-25-27-29-31-36-48(55)62-39-43(40-65-68(60,61)64-38-42(51)37-63-67(57,58)59)66-49(56)44(50)41-69-46(45(52)33-32-35-47(53)54)34-30-28-26-24-22-16-14-12-10-8-6-4-2/h11-14,17-18,20-22,24,26,28,30,34,42-46,51-52H,3-10,15-16,19,23,25,27,29,31-33,35-41,50H2,1-2H3,(H,53,54)(H,60,61)(H2,57,58,59)/b13-11-,14-12-,18-17-,21-20-,24-22-,28-26+,34-30+/t42-,43+,44-,45-,46+/m0/s1. The summed E-state index contributed by atoms with van der Waals surface area (Å²) in [4.78, 5) is 64.8. The molecule has 8 N–H and O–H groups in total. The number of unbranched alkanes of at least 4 members (excludes halogenated alkanes) is 10. The molecule has 20 heteroatoms. The van der Waals surface area contributed by atoms with Gasteiger partial charge in [-0.25, -0.2) is 9.13 Å². The van der Waals surface area contributed by atoms with E-state index in [1.807, 2.05) is 18.2 Å². The fourth-order valence-corrected chi connectivity index (χ4v) is 8.18. The summed E-state index contributed by atoms with van der Waals surface area (Å²) in [7, 11) is -9.92. The average molecular weight is 1040 g/mol. The molecule has 6 atom stereocenters. The van der Waals surface area contributed by atoms with E-state index in [2.05, 4.69) is 71.5 Å². The number of hydrogen-bond donors (Lipinski definition) is 7. The molecule has 0 saturated carbocycles. The first-order chi connectivity index (χ1) is 33.0. The SMILES string of the molecule is CCCCC/C=C\C\C=C/C=C/C=C/[C@@H](SC[C@H](N)C(=O)O[C@H](COC(=O)CCCCCC/C=C\C/C=C\C/C=C\CCCCC)COP(=O)(O)OC[C@@H](O)COP(=O)(O)O)[C@@H](O)CCCC(=O)O. The van der Waals surface area contributed by atoms with Crippen molar-refractivity contribution in [1.29, 1.82) is 0 Å². The molecule has 0 fully saturated rings. The summed E-state index contributed by atoms with van der Waals surface area (Å²) in [6.45, 7) is 1.10. The topological polar surface area (TPSA) is 279 Å². The molecule has 1 unspecified atom stereocenters. The first kappa shape index (κ1) is 66.0. The minimum Gasteiger partial charge on any atom is -0.481 e. The molecule has 0 aliphatic heterocycles. The van der Waals surface area contributed by atoms with Gasteiger partial charge >= 0.3 is 33.6 Å². The molecule has 0 aromatic heterocycles. The van der Waals surface area contributed by atoms with Gasteiger partial charge in [-0.05, 0) is 77.0 Å². The van der Waals surface area contributed by atoms with Crippen LogP contribution in [0.3, 0.4) is 0 Å². The third-order valence-electron chi connectivity index (χ3n) is 9.75. The second kappa shape index (κ2) is 43.8. The molecular weight excluding hydrogens is 953 g/mol. The lowest BCUT2D eigenvalue weighted by molar-refractivity contribution is -0.161. The predicted octanol–water partition coefficient (Wildman–Crippen LogP) is 9.65. The summed E-state index contributed by atoms with van der Waals surface area (Å²) in [5, 5.41) is 29.2. The number of phosphoric acid groups is 2. The van der Waals surface area contributed by atoms with Crippen LogP contribution >= 0.6 is 27.4 Å². The van der Waals surface area contributed by atoms with Crippen LogP contribution in [0.1, 0.15) is 142 Å². The highest BCUT2D eigenvalue weighted by Gasteiger charge is 2.30. The molecule has 0 spiro atoms. The number of carbonyl (C=O) groups excluding carboxylic acids is 2. The molecule has 0 heterocycles. The Hall–Kier alpha value is -2.96. The Kier molecular flexibility index (Phi) is 41.9. The van der Waals surface area contributed by atoms with E-state index in [-0.39, 0.29) is 31.4 Å². The first-order valence-electron chi connectivity index (χ1n) is 24.2. The Morgan fingerprint density at radius 2 is 1.16 bits per heavy atom. The fourth-order valence-electron chi connectivity index (χ4n) is 5.90. The van der Waals surface area contributed by atoms with Crippen molar-refractivity contribution in [3.05, 3.63) is 85.1 Å². The van der Waals surface area contributed by atoms with Crippen LogP contribution in [-0.4, -0.2) is 110 Å². The number of carboxylic acid groups (broad SMARTS) is 1. The highest BCUT2D eigenvalue weighted by atomic mass is 32.2. The van der Waals surface area contributed by atoms with E-state index in [9.17, 15) is 38.6 Å². The van der Waals surface area contributed by atoms with Crippen LogP contribution in [0.5, 0.6) is 0 Å². The van der Waals surface area contributed by atoms with Crippen LogP contribution in [0, 0.1) is 0 Å². The van der Waals surface area contributed by atoms with Crippen LogP contribution < -0.4 is 5.73 Å². The highest BCUT2D eigenvalue weighted by molar-refractivity contribution is 8.00. The molecule has 0 radical (unpaired) electrons. The number of esters is 2. The summed E-state index contributed by atoms with van der Waals surface area (Å²) < 4.78 is 48.1. The van der Waals surface area contributed by atoms with Gasteiger partial charge in [0.2, 0.25) is 0 Å². The van der Waals surface area contributed by atoms with Crippen LogP contribution in [-0.2, 0) is 46.6 Å². The van der Waals surface area contributed by atoms with Crippen molar-refractivity contribution in [2.24, 2.45) is 5.73 Å². The second-order valence-corrected chi connectivity index (χ2v) is 20.1. The number of aliphatic hydroxyl groups is 2. The molecule has 0 saturated heterocycles. The Bertz CT molecular complexity index is 1660. The molecule has 0 rings (SSSR count). The monoisotopic (exact) mass is 1040 g/mol. The molecule has 0 bridgehead atoms. The van der Waals surface area contributed by atoms with Gasteiger partial charge in [0.15, 0.2) is 6.10 Å². The summed E-state index contributed by atoms with van der Waals surface area (Å²) in [5.41, 5.74) is 6.19. The van der Waals surface area contributed by atoms with E-state index >= 15 is 0 Å². The van der Waals surface area contributed by atoms with Crippen LogP contribution in [0.15, 0.2) is 85.1 Å². The van der Waals surface area contributed by atoms with Crippen molar-refractivity contribution in [3.8, 4) is 0 Å². The molecule has 17 nitrogen and oxygen atoms in total. The fraction of sp³-hybridized carbons (Fsp3) is 0.653. The third kappa shape index (κ3) is 44.7. The van der Waals surface area contributed by atoms with Gasteiger partial charge in [-0.1, -0.05) is 137 Å². The predicted molar refractivity (Wildman–Crippen MR) is 272 cm³/mol. The maximum atomic E-state index is 13.2. The number of allylic oxidation sites excluding steroid dienone is 13. The number of ether oxygens (including phenoxy) is 2. The molecule has 0 aliphatic carbocycles. The van der Waals surface area contributed by atoms with E-state index in [1.165, 1.54) is 38.5 Å². The van der Waals surface area contributed by atoms with Gasteiger partial charge in [-0.15, -0.1) is 11.8 Å². The smallest absolute Gasteiger partial charge is 0.472 e. The van der Waals surface area contributed by atoms with E-state index in [1.54, 1.807) is 18.2 Å². The van der Waals surface area contributed by atoms with Gasteiger partial charge in [0, 0.05) is 23.8 Å². The molecule has 0 aromatic rings. The van der Waals surface area contributed by atoms with Crippen molar-refractivity contribution >= 4 is 45.3 Å². The van der Waals surface area contributed by atoms with Gasteiger partial charge < -0.3 is 45.2 Å². The minimum absolute atomic E-state index is 0.0627. The summed E-state index contributed by atoms with van der Waals surface area (Å²) in [5.74, 6) is -2.68. The Morgan fingerprint density at radius 3 is 1.75 bits per heavy atom. The molecule has 0 aromatic carbocycles. The molecule has 69 heavy (non-hydrogen) atoms. The van der Waals surface area contributed by atoms with Gasteiger partial charge in [-0.2, -0.15) is 0 Å². The Labute approximate surface area is 415 Å². The van der Waals surface area contributed by atoms with Crippen molar-refractivity contribution in [2.75, 3.05) is 32.2 Å². The number of carbonyl (C=O) groups is 3. The number of thioether (sulfide) groups is 1. The largest absolute Gasteiger partial charge is 0.481 e.